The second kappa shape index (κ2) is 4.51. The number of rotatable bonds is 2. The molecule has 0 radical (unpaired) electrons. The Hall–Kier alpha value is -1.94. The number of hydrogen-bond donors (Lipinski definition) is 1. The Kier molecular flexibility index (Phi) is 3.06. The van der Waals surface area contributed by atoms with Gasteiger partial charge in [0.15, 0.2) is 0 Å². The van der Waals surface area contributed by atoms with Gasteiger partial charge >= 0.3 is 5.97 Å². The van der Waals surface area contributed by atoms with Gasteiger partial charge in [-0.05, 0) is 24.3 Å². The van der Waals surface area contributed by atoms with Gasteiger partial charge in [0.2, 0.25) is 0 Å². The van der Waals surface area contributed by atoms with E-state index in [0.29, 0.717) is 0 Å². The van der Waals surface area contributed by atoms with Crippen molar-refractivity contribution in [3.8, 4) is 11.1 Å². The molecule has 0 aliphatic rings. The molecule has 0 saturated heterocycles. The fourth-order valence-corrected chi connectivity index (χ4v) is 1.66. The predicted octanol–water partition coefficient (Wildman–Crippen LogP) is 3.24. The monoisotopic (exact) mass is 251 g/mol. The van der Waals surface area contributed by atoms with Gasteiger partial charge in [0.1, 0.15) is 5.82 Å². The zero-order valence-electron chi connectivity index (χ0n) is 8.52. The first-order chi connectivity index (χ1) is 8.09. The van der Waals surface area contributed by atoms with Gasteiger partial charge in [-0.15, -0.1) is 0 Å². The van der Waals surface area contributed by atoms with E-state index in [2.05, 4.69) is 4.98 Å². The molecule has 0 saturated carbocycles. The maximum Gasteiger partial charge on any atom is 0.336 e. The van der Waals surface area contributed by atoms with Gasteiger partial charge in [0, 0.05) is 28.5 Å². The molecule has 2 aromatic rings. The van der Waals surface area contributed by atoms with Crippen LogP contribution in [0.1, 0.15) is 10.4 Å². The largest absolute Gasteiger partial charge is 0.478 e. The number of halogens is 2. The standard InChI is InChI=1S/C12H7ClFNO2/c13-7-1-2-8(11(14)5-7)10-6-15-4-3-9(10)12(16)17/h1-6H,(H,16,17). The fourth-order valence-electron chi connectivity index (χ4n) is 1.50. The van der Waals surface area contributed by atoms with Crippen molar-refractivity contribution in [2.75, 3.05) is 0 Å². The summed E-state index contributed by atoms with van der Waals surface area (Å²) in [6.07, 6.45) is 2.66. The molecular weight excluding hydrogens is 245 g/mol. The normalized spacial score (nSPS) is 10.2. The number of hydrogen-bond acceptors (Lipinski definition) is 2. The van der Waals surface area contributed by atoms with Crippen LogP contribution < -0.4 is 0 Å². The molecule has 0 aliphatic heterocycles. The summed E-state index contributed by atoms with van der Waals surface area (Å²) in [4.78, 5) is 14.8. The summed E-state index contributed by atoms with van der Waals surface area (Å²) in [6, 6.07) is 5.39. The quantitative estimate of drug-likeness (QED) is 0.891. The van der Waals surface area contributed by atoms with Crippen molar-refractivity contribution in [1.82, 2.24) is 4.98 Å². The lowest BCUT2D eigenvalue weighted by molar-refractivity contribution is 0.0697. The number of pyridine rings is 1. The molecule has 0 amide bonds. The molecule has 0 fully saturated rings. The summed E-state index contributed by atoms with van der Waals surface area (Å²) in [5.41, 5.74) is 0.398. The number of nitrogens with zero attached hydrogens (tertiary/aromatic N) is 1. The molecule has 0 spiro atoms. The van der Waals surface area contributed by atoms with Gasteiger partial charge in [-0.25, -0.2) is 9.18 Å². The molecule has 86 valence electrons. The maximum absolute atomic E-state index is 13.7. The third-order valence-corrected chi connectivity index (χ3v) is 2.51. The van der Waals surface area contributed by atoms with Crippen LogP contribution in [0.15, 0.2) is 36.7 Å². The summed E-state index contributed by atoms with van der Waals surface area (Å²) in [6.45, 7) is 0. The van der Waals surface area contributed by atoms with E-state index in [-0.39, 0.29) is 21.7 Å². The summed E-state index contributed by atoms with van der Waals surface area (Å²) in [7, 11) is 0. The minimum absolute atomic E-state index is 0.00113. The van der Waals surface area contributed by atoms with Crippen molar-refractivity contribution in [1.29, 1.82) is 0 Å². The van der Waals surface area contributed by atoms with Crippen LogP contribution in [0.2, 0.25) is 5.02 Å². The Bertz CT molecular complexity index is 586. The van der Waals surface area contributed by atoms with Gasteiger partial charge in [-0.3, -0.25) is 4.98 Å². The van der Waals surface area contributed by atoms with Crippen LogP contribution in [-0.4, -0.2) is 16.1 Å². The van der Waals surface area contributed by atoms with Crippen molar-refractivity contribution in [3.63, 3.8) is 0 Å². The van der Waals surface area contributed by atoms with Crippen molar-refractivity contribution in [3.05, 3.63) is 53.1 Å². The number of carboxylic acid groups (broad SMARTS) is 1. The number of carboxylic acids is 1. The number of aromatic carboxylic acids is 1. The molecule has 17 heavy (non-hydrogen) atoms. The van der Waals surface area contributed by atoms with E-state index >= 15 is 0 Å². The molecule has 0 unspecified atom stereocenters. The Morgan fingerprint density at radius 1 is 1.29 bits per heavy atom. The van der Waals surface area contributed by atoms with Gasteiger partial charge in [-0.2, -0.15) is 0 Å². The lowest BCUT2D eigenvalue weighted by Crippen LogP contribution is -2.00. The van der Waals surface area contributed by atoms with Gasteiger partial charge in [-0.1, -0.05) is 11.6 Å². The SMILES string of the molecule is O=C(O)c1ccncc1-c1ccc(Cl)cc1F. The van der Waals surface area contributed by atoms with Crippen molar-refractivity contribution < 1.29 is 14.3 Å². The molecule has 3 nitrogen and oxygen atoms in total. The second-order valence-electron chi connectivity index (χ2n) is 3.35. The van der Waals surface area contributed by atoms with Crippen LogP contribution in [0, 0.1) is 5.82 Å². The fraction of sp³-hybridized carbons (Fsp3) is 0. The van der Waals surface area contributed by atoms with Gasteiger partial charge in [0.05, 0.1) is 5.56 Å². The summed E-state index contributed by atoms with van der Waals surface area (Å²) < 4.78 is 13.7. The molecule has 0 aliphatic carbocycles. The van der Waals surface area contributed by atoms with Crippen LogP contribution in [0.4, 0.5) is 4.39 Å². The number of carbonyl (C=O) groups is 1. The molecule has 5 heteroatoms. The lowest BCUT2D eigenvalue weighted by atomic mass is 10.0. The Morgan fingerprint density at radius 3 is 2.71 bits per heavy atom. The summed E-state index contributed by atoms with van der Waals surface area (Å²) in [5, 5.41) is 9.25. The first kappa shape index (κ1) is 11.5. The number of aromatic nitrogens is 1. The highest BCUT2D eigenvalue weighted by atomic mass is 35.5. The average Bonchev–Trinajstić information content (AvgIpc) is 2.29. The van der Waals surface area contributed by atoms with E-state index < -0.39 is 11.8 Å². The third-order valence-electron chi connectivity index (χ3n) is 2.27. The van der Waals surface area contributed by atoms with Gasteiger partial charge < -0.3 is 5.11 Å². The predicted molar refractivity (Wildman–Crippen MR) is 61.6 cm³/mol. The molecule has 2 rings (SSSR count). The van der Waals surface area contributed by atoms with E-state index in [4.69, 9.17) is 16.7 Å². The van der Waals surface area contributed by atoms with Crippen molar-refractivity contribution in [2.24, 2.45) is 0 Å². The van der Waals surface area contributed by atoms with E-state index in [0.717, 1.165) is 6.07 Å². The zero-order chi connectivity index (χ0) is 12.4. The lowest BCUT2D eigenvalue weighted by Gasteiger charge is -2.06. The Morgan fingerprint density at radius 2 is 2.06 bits per heavy atom. The van der Waals surface area contributed by atoms with E-state index in [1.165, 1.54) is 30.6 Å². The molecule has 1 aromatic carbocycles. The third kappa shape index (κ3) is 2.26. The highest BCUT2D eigenvalue weighted by Gasteiger charge is 2.14. The van der Waals surface area contributed by atoms with Crippen LogP contribution in [0.25, 0.3) is 11.1 Å². The minimum Gasteiger partial charge on any atom is -0.478 e. The van der Waals surface area contributed by atoms with E-state index in [9.17, 15) is 9.18 Å². The van der Waals surface area contributed by atoms with Crippen LogP contribution in [0.5, 0.6) is 0 Å². The smallest absolute Gasteiger partial charge is 0.336 e. The Labute approximate surface area is 101 Å². The molecule has 1 heterocycles. The molecule has 0 atom stereocenters. The summed E-state index contributed by atoms with van der Waals surface area (Å²) >= 11 is 5.63. The maximum atomic E-state index is 13.7. The van der Waals surface area contributed by atoms with Gasteiger partial charge in [0.25, 0.3) is 0 Å². The van der Waals surface area contributed by atoms with Crippen LogP contribution in [-0.2, 0) is 0 Å². The topological polar surface area (TPSA) is 50.2 Å². The number of benzene rings is 1. The van der Waals surface area contributed by atoms with E-state index in [1.54, 1.807) is 0 Å². The molecule has 1 N–H and O–H groups in total. The molecule has 1 aromatic heterocycles. The first-order valence-electron chi connectivity index (χ1n) is 4.72. The Balaban J connectivity index is 2.64. The van der Waals surface area contributed by atoms with Crippen LogP contribution >= 0.6 is 11.6 Å². The summed E-state index contributed by atoms with van der Waals surface area (Å²) in [5.74, 6) is -1.70. The highest BCUT2D eigenvalue weighted by Crippen LogP contribution is 2.27. The highest BCUT2D eigenvalue weighted by molar-refractivity contribution is 6.30. The average molecular weight is 252 g/mol. The first-order valence-corrected chi connectivity index (χ1v) is 5.10. The van der Waals surface area contributed by atoms with E-state index in [1.807, 2.05) is 0 Å². The minimum atomic E-state index is -1.13. The second-order valence-corrected chi connectivity index (χ2v) is 3.79. The molecule has 0 bridgehead atoms. The van der Waals surface area contributed by atoms with Crippen LogP contribution in [0.3, 0.4) is 0 Å². The molecular formula is C12H7ClFNO2. The zero-order valence-corrected chi connectivity index (χ0v) is 9.28. The van der Waals surface area contributed by atoms with Crippen molar-refractivity contribution in [2.45, 2.75) is 0 Å². The van der Waals surface area contributed by atoms with Crippen molar-refractivity contribution >= 4 is 17.6 Å².